The van der Waals surface area contributed by atoms with Crippen LogP contribution >= 0.6 is 0 Å². The Bertz CT molecular complexity index is 805. The van der Waals surface area contributed by atoms with Crippen LogP contribution in [0.15, 0.2) is 40.0 Å². The largest absolute Gasteiger partial charge is 0.497 e. The summed E-state index contributed by atoms with van der Waals surface area (Å²) in [5, 5.41) is 2.55. The van der Waals surface area contributed by atoms with Crippen molar-refractivity contribution in [1.82, 2.24) is 9.62 Å². The summed E-state index contributed by atoms with van der Waals surface area (Å²) in [5.74, 6) is 0.189. The first-order valence-electron chi connectivity index (χ1n) is 7.19. The fraction of sp³-hybridized carbons (Fsp3) is 0.312. The second-order valence-corrected chi connectivity index (χ2v) is 7.35. The van der Waals surface area contributed by atoms with Gasteiger partial charge in [-0.05, 0) is 43.2 Å². The van der Waals surface area contributed by atoms with Gasteiger partial charge in [0.25, 0.3) is 5.91 Å². The number of carbonyl (C=O) groups excluding carboxylic acids is 1. The summed E-state index contributed by atoms with van der Waals surface area (Å²) in [7, 11) is -0.812. The highest BCUT2D eigenvalue weighted by atomic mass is 32.2. The van der Waals surface area contributed by atoms with Gasteiger partial charge in [0, 0.05) is 7.05 Å². The molecule has 24 heavy (non-hydrogen) atoms. The molecule has 0 aliphatic carbocycles. The molecule has 1 heterocycles. The lowest BCUT2D eigenvalue weighted by Gasteiger charge is -2.20. The molecule has 2 rings (SSSR count). The molecule has 0 unspecified atom stereocenters. The van der Waals surface area contributed by atoms with Crippen molar-refractivity contribution >= 4 is 15.9 Å². The van der Waals surface area contributed by atoms with Crippen LogP contribution in [0.2, 0.25) is 0 Å². The van der Waals surface area contributed by atoms with Crippen molar-refractivity contribution in [2.45, 2.75) is 18.7 Å². The molecule has 0 spiro atoms. The van der Waals surface area contributed by atoms with Crippen molar-refractivity contribution < 1.29 is 22.4 Å². The molecule has 1 aromatic carbocycles. The molecular formula is C16H20N2O5S. The highest BCUT2D eigenvalue weighted by Crippen LogP contribution is 2.27. The number of methoxy groups -OCH3 is 1. The average Bonchev–Trinajstić information content (AvgIpc) is 3.05. The quantitative estimate of drug-likeness (QED) is 0.802. The molecule has 130 valence electrons. The maximum absolute atomic E-state index is 12.8. The summed E-state index contributed by atoms with van der Waals surface area (Å²) in [5.41, 5.74) is 1.50. The van der Waals surface area contributed by atoms with E-state index in [9.17, 15) is 13.2 Å². The van der Waals surface area contributed by atoms with Gasteiger partial charge in [-0.2, -0.15) is 4.31 Å². The number of nitrogens with one attached hydrogen (secondary N) is 1. The zero-order chi connectivity index (χ0) is 17.9. The Hall–Kier alpha value is -2.32. The number of hydrogen-bond donors (Lipinski definition) is 1. The Morgan fingerprint density at radius 3 is 2.42 bits per heavy atom. The fourth-order valence-corrected chi connectivity index (χ4v) is 3.83. The maximum atomic E-state index is 12.8. The number of sulfonamides is 1. The first-order valence-corrected chi connectivity index (χ1v) is 8.63. The van der Waals surface area contributed by atoms with E-state index in [-0.39, 0.29) is 11.6 Å². The second kappa shape index (κ2) is 7.06. The van der Waals surface area contributed by atoms with Gasteiger partial charge in [0.05, 0.1) is 30.5 Å². The predicted octanol–water partition coefficient (Wildman–Crippen LogP) is 1.91. The van der Waals surface area contributed by atoms with Crippen LogP contribution in [-0.4, -0.2) is 39.5 Å². The van der Waals surface area contributed by atoms with Crippen LogP contribution in [-0.2, 0) is 10.0 Å². The van der Waals surface area contributed by atoms with E-state index >= 15 is 0 Å². The van der Waals surface area contributed by atoms with Gasteiger partial charge < -0.3 is 14.5 Å². The highest BCUT2D eigenvalue weighted by Gasteiger charge is 2.25. The van der Waals surface area contributed by atoms with E-state index in [0.717, 1.165) is 4.31 Å². The summed E-state index contributed by atoms with van der Waals surface area (Å²) in [4.78, 5) is 12.1. The standard InChI is InChI=1S/C16H20N2O5S/c1-11-7-14(22-4)8-12(2)15(11)24(20,21)18(3)10-17-16(19)13-5-6-23-9-13/h5-9H,10H2,1-4H3,(H,17,19). The van der Waals surface area contributed by atoms with Crippen LogP contribution in [0.3, 0.4) is 0 Å². The van der Waals surface area contributed by atoms with Crippen molar-refractivity contribution in [3.05, 3.63) is 47.4 Å². The summed E-state index contributed by atoms with van der Waals surface area (Å²) >= 11 is 0. The van der Waals surface area contributed by atoms with Crippen LogP contribution in [0.5, 0.6) is 5.75 Å². The van der Waals surface area contributed by atoms with Gasteiger partial charge in [0.1, 0.15) is 12.0 Å². The minimum Gasteiger partial charge on any atom is -0.497 e. The number of rotatable bonds is 6. The van der Waals surface area contributed by atoms with Gasteiger partial charge in [0.15, 0.2) is 0 Å². The van der Waals surface area contributed by atoms with E-state index in [1.807, 2.05) is 0 Å². The minimum absolute atomic E-state index is 0.156. The van der Waals surface area contributed by atoms with E-state index < -0.39 is 15.9 Å². The van der Waals surface area contributed by atoms with Crippen LogP contribution in [0, 0.1) is 13.8 Å². The normalized spacial score (nSPS) is 11.5. The second-order valence-electron chi connectivity index (χ2n) is 5.37. The molecule has 0 radical (unpaired) electrons. The molecular weight excluding hydrogens is 332 g/mol. The molecule has 0 fully saturated rings. The molecule has 0 saturated heterocycles. The van der Waals surface area contributed by atoms with E-state index in [1.54, 1.807) is 26.0 Å². The highest BCUT2D eigenvalue weighted by molar-refractivity contribution is 7.89. The van der Waals surface area contributed by atoms with Gasteiger partial charge in [0.2, 0.25) is 10.0 Å². The molecule has 0 saturated carbocycles. The smallest absolute Gasteiger partial charge is 0.255 e. The number of nitrogens with zero attached hydrogens (tertiary/aromatic N) is 1. The number of aryl methyl sites for hydroxylation is 2. The molecule has 1 N–H and O–H groups in total. The third-order valence-corrected chi connectivity index (χ3v) is 5.69. The van der Waals surface area contributed by atoms with Gasteiger partial charge >= 0.3 is 0 Å². The molecule has 1 aromatic heterocycles. The third-order valence-electron chi connectivity index (χ3n) is 3.58. The maximum Gasteiger partial charge on any atom is 0.255 e. The van der Waals surface area contributed by atoms with Crippen LogP contribution in [0.25, 0.3) is 0 Å². The van der Waals surface area contributed by atoms with E-state index in [2.05, 4.69) is 5.32 Å². The summed E-state index contributed by atoms with van der Waals surface area (Å²) in [6.07, 6.45) is 2.67. The lowest BCUT2D eigenvalue weighted by atomic mass is 10.1. The molecule has 8 heteroatoms. The van der Waals surface area contributed by atoms with Crippen LogP contribution < -0.4 is 10.1 Å². The molecule has 0 bridgehead atoms. The lowest BCUT2D eigenvalue weighted by molar-refractivity contribution is 0.0942. The Balaban J connectivity index is 2.19. The van der Waals surface area contributed by atoms with Crippen molar-refractivity contribution in [2.24, 2.45) is 0 Å². The number of carbonyl (C=O) groups is 1. The summed E-state index contributed by atoms with van der Waals surface area (Å²) < 4.78 is 36.6. The average molecular weight is 352 g/mol. The summed E-state index contributed by atoms with van der Waals surface area (Å²) in [6.45, 7) is 3.26. The van der Waals surface area contributed by atoms with Gasteiger partial charge in [-0.3, -0.25) is 4.79 Å². The minimum atomic E-state index is -3.75. The Morgan fingerprint density at radius 2 is 1.92 bits per heavy atom. The SMILES string of the molecule is COc1cc(C)c(S(=O)(=O)N(C)CNC(=O)c2ccoc2)c(C)c1. The number of furan rings is 1. The molecule has 0 aliphatic rings. The van der Waals surface area contributed by atoms with Crippen molar-refractivity contribution in [3.63, 3.8) is 0 Å². The Morgan fingerprint density at radius 1 is 1.29 bits per heavy atom. The fourth-order valence-electron chi connectivity index (χ4n) is 2.35. The zero-order valence-electron chi connectivity index (χ0n) is 14.0. The summed E-state index contributed by atoms with van der Waals surface area (Å²) in [6, 6.07) is 4.83. The van der Waals surface area contributed by atoms with Crippen molar-refractivity contribution in [1.29, 1.82) is 0 Å². The molecule has 0 aliphatic heterocycles. The monoisotopic (exact) mass is 352 g/mol. The molecule has 2 aromatic rings. The topological polar surface area (TPSA) is 88.9 Å². The van der Waals surface area contributed by atoms with Crippen LogP contribution in [0.1, 0.15) is 21.5 Å². The van der Waals surface area contributed by atoms with Crippen molar-refractivity contribution in [2.75, 3.05) is 20.8 Å². The molecule has 7 nitrogen and oxygen atoms in total. The van der Waals surface area contributed by atoms with Crippen molar-refractivity contribution in [3.8, 4) is 5.75 Å². The van der Waals surface area contributed by atoms with Crippen LogP contribution in [0.4, 0.5) is 0 Å². The first kappa shape index (κ1) is 18.0. The lowest BCUT2D eigenvalue weighted by Crippen LogP contribution is -2.39. The number of amides is 1. The Kier molecular flexibility index (Phi) is 5.30. The number of ether oxygens (including phenoxy) is 1. The van der Waals surface area contributed by atoms with E-state index in [0.29, 0.717) is 22.4 Å². The Labute approximate surface area is 141 Å². The molecule has 0 atom stereocenters. The van der Waals surface area contributed by atoms with Gasteiger partial charge in [-0.25, -0.2) is 8.42 Å². The number of benzene rings is 1. The number of hydrogen-bond acceptors (Lipinski definition) is 5. The van der Waals surface area contributed by atoms with E-state index in [1.165, 1.54) is 32.8 Å². The third kappa shape index (κ3) is 3.60. The zero-order valence-corrected chi connectivity index (χ0v) is 14.8. The first-order chi connectivity index (χ1) is 11.3. The predicted molar refractivity (Wildman–Crippen MR) is 88.5 cm³/mol. The molecule has 1 amide bonds. The van der Waals surface area contributed by atoms with E-state index in [4.69, 9.17) is 9.15 Å². The van der Waals surface area contributed by atoms with Gasteiger partial charge in [-0.1, -0.05) is 0 Å². The van der Waals surface area contributed by atoms with Gasteiger partial charge in [-0.15, -0.1) is 0 Å².